The first-order valence-corrected chi connectivity index (χ1v) is 10.4. The summed E-state index contributed by atoms with van der Waals surface area (Å²) in [7, 11) is 0. The molecule has 0 bridgehead atoms. The molecule has 2 aromatic carbocycles. The fourth-order valence-corrected chi connectivity index (χ4v) is 3.39. The van der Waals surface area contributed by atoms with Crippen LogP contribution in [0, 0.1) is 6.92 Å². The van der Waals surface area contributed by atoms with E-state index >= 15 is 0 Å². The molecule has 6 heteroatoms. The normalized spacial score (nSPS) is 11.6. The summed E-state index contributed by atoms with van der Waals surface area (Å²) in [6.45, 7) is 8.30. The van der Waals surface area contributed by atoms with E-state index in [0.29, 0.717) is 11.1 Å². The van der Waals surface area contributed by atoms with Crippen LogP contribution in [0.1, 0.15) is 71.9 Å². The maximum Gasteiger partial charge on any atom is 0.338 e. The lowest BCUT2D eigenvalue weighted by Gasteiger charge is -2.19. The second-order valence-corrected chi connectivity index (χ2v) is 8.59. The summed E-state index contributed by atoms with van der Waals surface area (Å²) >= 11 is 0. The number of rotatable bonds is 8. The molecule has 0 aliphatic carbocycles. The smallest absolute Gasteiger partial charge is 0.338 e. The van der Waals surface area contributed by atoms with E-state index in [1.807, 2.05) is 68.8 Å². The van der Waals surface area contributed by atoms with Gasteiger partial charge in [0.05, 0.1) is 11.1 Å². The van der Waals surface area contributed by atoms with E-state index in [1.165, 1.54) is 5.56 Å². The predicted molar refractivity (Wildman–Crippen MR) is 117 cm³/mol. The van der Waals surface area contributed by atoms with Crippen LogP contribution < -0.4 is 0 Å². The molecule has 0 N–H and O–H groups in total. The minimum absolute atomic E-state index is 0.287. The minimum Gasteiger partial charge on any atom is -0.456 e. The zero-order valence-electron chi connectivity index (χ0n) is 18.1. The monoisotopic (exact) mass is 407 g/mol. The van der Waals surface area contributed by atoms with Crippen molar-refractivity contribution in [1.82, 2.24) is 15.0 Å². The van der Waals surface area contributed by atoms with Gasteiger partial charge in [0.15, 0.2) is 0 Å². The highest BCUT2D eigenvalue weighted by Gasteiger charge is 2.17. The summed E-state index contributed by atoms with van der Waals surface area (Å²) < 4.78 is 7.30. The van der Waals surface area contributed by atoms with Gasteiger partial charge in [-0.3, -0.25) is 4.79 Å². The van der Waals surface area contributed by atoms with E-state index in [1.54, 1.807) is 0 Å². The summed E-state index contributed by atoms with van der Waals surface area (Å²) in [4.78, 5) is 23.1. The number of nitrogens with zero attached hydrogens (tertiary/aromatic N) is 3. The highest BCUT2D eigenvalue weighted by Crippen LogP contribution is 2.19. The summed E-state index contributed by atoms with van der Waals surface area (Å²) in [6.07, 6.45) is 4.96. The van der Waals surface area contributed by atoms with Crippen molar-refractivity contribution in [3.05, 3.63) is 58.7 Å². The Bertz CT molecular complexity index is 1030. The molecule has 1 aromatic heterocycles. The van der Waals surface area contributed by atoms with Crippen LogP contribution in [0.4, 0.5) is 0 Å². The third-order valence-electron chi connectivity index (χ3n) is 5.03. The standard InChI is InChI=1S/C24H29N3O3/c1-17-20(16-28)13-14-21-22(17)25-26-27(21)15-7-5-6-8-18-9-11-19(12-10-18)23(29)30-24(2,3)4/h9-14,16H,5-8,15H2,1-4H3. The molecule has 0 unspecified atom stereocenters. The van der Waals surface area contributed by atoms with Gasteiger partial charge >= 0.3 is 5.97 Å². The van der Waals surface area contributed by atoms with Gasteiger partial charge in [-0.05, 0) is 82.3 Å². The lowest BCUT2D eigenvalue weighted by atomic mass is 10.0. The number of carbonyl (C=O) groups excluding carboxylic acids is 2. The number of aryl methyl sites for hydroxylation is 3. The van der Waals surface area contributed by atoms with E-state index in [-0.39, 0.29) is 5.97 Å². The lowest BCUT2D eigenvalue weighted by Crippen LogP contribution is -2.23. The van der Waals surface area contributed by atoms with E-state index in [2.05, 4.69) is 10.3 Å². The van der Waals surface area contributed by atoms with Crippen LogP contribution in [0.25, 0.3) is 11.0 Å². The van der Waals surface area contributed by atoms with Gasteiger partial charge in [-0.15, -0.1) is 5.10 Å². The molecule has 0 saturated carbocycles. The first-order chi connectivity index (χ1) is 14.3. The van der Waals surface area contributed by atoms with Crippen molar-refractivity contribution in [2.24, 2.45) is 0 Å². The van der Waals surface area contributed by atoms with Crippen molar-refractivity contribution >= 4 is 23.3 Å². The number of ether oxygens (including phenoxy) is 1. The Morgan fingerprint density at radius 2 is 1.80 bits per heavy atom. The first-order valence-electron chi connectivity index (χ1n) is 10.4. The average molecular weight is 408 g/mol. The Balaban J connectivity index is 1.47. The molecule has 30 heavy (non-hydrogen) atoms. The second-order valence-electron chi connectivity index (χ2n) is 8.59. The number of unbranched alkanes of at least 4 members (excludes halogenated alkanes) is 2. The Morgan fingerprint density at radius 3 is 2.47 bits per heavy atom. The molecule has 0 saturated heterocycles. The van der Waals surface area contributed by atoms with Crippen molar-refractivity contribution < 1.29 is 14.3 Å². The number of aldehydes is 1. The number of esters is 1. The average Bonchev–Trinajstić information content (AvgIpc) is 3.11. The maximum absolute atomic E-state index is 12.1. The molecule has 0 aliphatic rings. The molecule has 1 heterocycles. The molecule has 3 aromatic rings. The third kappa shape index (κ3) is 5.32. The van der Waals surface area contributed by atoms with Crippen molar-refractivity contribution in [3.63, 3.8) is 0 Å². The molecular formula is C24H29N3O3. The molecule has 0 fully saturated rings. The van der Waals surface area contributed by atoms with Gasteiger partial charge in [-0.2, -0.15) is 0 Å². The largest absolute Gasteiger partial charge is 0.456 e. The maximum atomic E-state index is 12.1. The summed E-state index contributed by atoms with van der Waals surface area (Å²) in [5, 5.41) is 8.48. The summed E-state index contributed by atoms with van der Waals surface area (Å²) in [5.41, 5.74) is 4.61. The highest BCUT2D eigenvalue weighted by molar-refractivity contribution is 5.90. The van der Waals surface area contributed by atoms with E-state index in [9.17, 15) is 9.59 Å². The van der Waals surface area contributed by atoms with Crippen LogP contribution in [0.5, 0.6) is 0 Å². The highest BCUT2D eigenvalue weighted by atomic mass is 16.6. The lowest BCUT2D eigenvalue weighted by molar-refractivity contribution is 0.00694. The predicted octanol–water partition coefficient (Wildman–Crippen LogP) is 4.92. The van der Waals surface area contributed by atoms with Crippen LogP contribution >= 0.6 is 0 Å². The van der Waals surface area contributed by atoms with E-state index in [4.69, 9.17) is 4.74 Å². The number of hydrogen-bond donors (Lipinski definition) is 0. The Hall–Kier alpha value is -3.02. The number of benzene rings is 2. The van der Waals surface area contributed by atoms with Crippen LogP contribution in [-0.4, -0.2) is 32.9 Å². The third-order valence-corrected chi connectivity index (χ3v) is 5.03. The SMILES string of the molecule is Cc1c(C=O)ccc2c1nnn2CCCCCc1ccc(C(=O)OC(C)(C)C)cc1. The molecule has 0 atom stereocenters. The van der Waals surface area contributed by atoms with Gasteiger partial charge < -0.3 is 4.74 Å². The van der Waals surface area contributed by atoms with Crippen molar-refractivity contribution in [1.29, 1.82) is 0 Å². The second kappa shape index (κ2) is 9.20. The van der Waals surface area contributed by atoms with Crippen molar-refractivity contribution in [2.75, 3.05) is 0 Å². The van der Waals surface area contributed by atoms with Gasteiger partial charge in [0.1, 0.15) is 17.4 Å². The van der Waals surface area contributed by atoms with Crippen LogP contribution in [-0.2, 0) is 17.7 Å². The number of hydrogen-bond acceptors (Lipinski definition) is 5. The first kappa shape index (κ1) is 21.7. The topological polar surface area (TPSA) is 74.1 Å². The summed E-state index contributed by atoms with van der Waals surface area (Å²) in [5.74, 6) is -0.287. The van der Waals surface area contributed by atoms with Crippen molar-refractivity contribution in [2.45, 2.75) is 65.5 Å². The fourth-order valence-electron chi connectivity index (χ4n) is 3.39. The van der Waals surface area contributed by atoms with E-state index < -0.39 is 5.60 Å². The number of carbonyl (C=O) groups is 2. The van der Waals surface area contributed by atoms with E-state index in [0.717, 1.165) is 55.1 Å². The molecular weight excluding hydrogens is 378 g/mol. The zero-order valence-corrected chi connectivity index (χ0v) is 18.1. The Kier molecular flexibility index (Phi) is 6.65. The zero-order chi connectivity index (χ0) is 21.7. The molecule has 6 nitrogen and oxygen atoms in total. The molecule has 0 amide bonds. The number of fused-ring (bicyclic) bond motifs is 1. The fraction of sp³-hybridized carbons (Fsp3) is 0.417. The number of aromatic nitrogens is 3. The Labute approximate surface area is 177 Å². The molecule has 0 radical (unpaired) electrons. The van der Waals surface area contributed by atoms with Gasteiger partial charge in [-0.25, -0.2) is 9.48 Å². The van der Waals surface area contributed by atoms with Crippen LogP contribution in [0.2, 0.25) is 0 Å². The van der Waals surface area contributed by atoms with Gasteiger partial charge in [0.25, 0.3) is 0 Å². The van der Waals surface area contributed by atoms with Crippen LogP contribution in [0.15, 0.2) is 36.4 Å². The molecule has 3 rings (SSSR count). The molecule has 158 valence electrons. The quantitative estimate of drug-likeness (QED) is 0.301. The summed E-state index contributed by atoms with van der Waals surface area (Å²) in [6, 6.07) is 11.4. The molecule has 0 aliphatic heterocycles. The minimum atomic E-state index is -0.485. The van der Waals surface area contributed by atoms with Gasteiger partial charge in [0.2, 0.25) is 0 Å². The van der Waals surface area contributed by atoms with Crippen LogP contribution in [0.3, 0.4) is 0 Å². The molecule has 0 spiro atoms. The van der Waals surface area contributed by atoms with Crippen molar-refractivity contribution in [3.8, 4) is 0 Å². The Morgan fingerprint density at radius 1 is 1.07 bits per heavy atom. The van der Waals surface area contributed by atoms with Gasteiger partial charge in [-0.1, -0.05) is 23.8 Å². The van der Waals surface area contributed by atoms with Gasteiger partial charge in [0, 0.05) is 12.1 Å².